The van der Waals surface area contributed by atoms with Gasteiger partial charge in [-0.15, -0.1) is 0 Å². The molecule has 0 aliphatic rings. The molecule has 0 bridgehead atoms. The number of hydrogen-bond acceptors (Lipinski definition) is 14. The summed E-state index contributed by atoms with van der Waals surface area (Å²) in [6.07, 6.45) is 0. The van der Waals surface area contributed by atoms with Crippen LogP contribution in [-0.4, -0.2) is 51.9 Å². The van der Waals surface area contributed by atoms with Gasteiger partial charge in [-0.05, 0) is 0 Å². The van der Waals surface area contributed by atoms with Crippen LogP contribution in [0.5, 0.6) is 0 Å². The van der Waals surface area contributed by atoms with Crippen LogP contribution >= 0.6 is 0 Å². The molecule has 0 unspecified atom stereocenters. The van der Waals surface area contributed by atoms with Crippen molar-refractivity contribution in [3.05, 3.63) is 0 Å². The van der Waals surface area contributed by atoms with Crippen LogP contribution in [0.1, 0.15) is 0 Å². The van der Waals surface area contributed by atoms with Crippen LogP contribution in [0.15, 0.2) is 0 Å². The van der Waals surface area contributed by atoms with Crippen LogP contribution in [0.3, 0.4) is 0 Å². The summed E-state index contributed by atoms with van der Waals surface area (Å²) in [5, 5.41) is 0. The second-order valence-electron chi connectivity index (χ2n) is 1.77. The molecule has 0 aromatic heterocycles. The average Bonchev–Trinajstić information content (AvgIpc) is 1.64. The molecule has 0 aliphatic carbocycles. The molecular weight excluding hydrogens is 418 g/mol. The Morgan fingerprint density at radius 2 is 0.600 bits per heavy atom. The Hall–Kier alpha value is 0.0525. The van der Waals surface area contributed by atoms with Gasteiger partial charge in [-0.3, -0.25) is 0 Å². The summed E-state index contributed by atoms with van der Waals surface area (Å²) in [6.45, 7) is 0. The predicted molar refractivity (Wildman–Crippen MR) is 46.9 cm³/mol. The van der Waals surface area contributed by atoms with Crippen LogP contribution in [0.4, 0.5) is 0 Å². The summed E-state index contributed by atoms with van der Waals surface area (Å²) in [6, 6.07) is 0. The summed E-state index contributed by atoms with van der Waals surface area (Å²) >= 11 is 0. The first kappa shape index (κ1) is 28.2. The molecule has 123 valence electrons. The first-order valence-corrected chi connectivity index (χ1v) is 8.00. The SMILES string of the molecule is O=S(=O)([O-])OS(=O)(=O)[O-].O=S(=O)([O-])OS(=O)(=O)[O-].[Cr+3].[NH4+]. The van der Waals surface area contributed by atoms with E-state index in [2.05, 4.69) is 7.26 Å². The number of hydrogen-bond donors (Lipinski definition) is 1. The smallest absolute Gasteiger partial charge is 0.725 e. The van der Waals surface area contributed by atoms with E-state index in [0.717, 1.165) is 0 Å². The van der Waals surface area contributed by atoms with Crippen molar-refractivity contribution in [3.8, 4) is 0 Å². The summed E-state index contributed by atoms with van der Waals surface area (Å²) in [7, 11) is -21.7. The van der Waals surface area contributed by atoms with E-state index in [-0.39, 0.29) is 23.5 Å². The standard InChI is InChI=1S/Cr.H3N.2H2O7S2/c;;2*1-8(2,3)7-9(4,5)6/h;1H3;2*(H,1,2,3)(H,4,5,6)/q+3;;;/p-3. The zero-order chi connectivity index (χ0) is 15.4. The third-order valence-corrected chi connectivity index (χ3v) is 3.00. The van der Waals surface area contributed by atoms with Gasteiger partial charge in [0.05, 0.1) is 0 Å². The van der Waals surface area contributed by atoms with Gasteiger partial charge >= 0.3 is 17.4 Å². The molecular formula is H4CrNO14S4. The monoisotopic (exact) mass is 422 g/mol. The van der Waals surface area contributed by atoms with Gasteiger partial charge in [-0.25, -0.2) is 33.7 Å². The maximum Gasteiger partial charge on any atom is 3.00 e. The van der Waals surface area contributed by atoms with E-state index in [1.165, 1.54) is 0 Å². The molecule has 20 heteroatoms. The predicted octanol–water partition coefficient (Wildman–Crippen LogP) is -3.78. The second kappa shape index (κ2) is 9.15. The molecule has 0 saturated heterocycles. The Bertz CT molecular complexity index is 537. The molecule has 0 saturated carbocycles. The van der Waals surface area contributed by atoms with Gasteiger partial charge in [0.1, 0.15) is 0 Å². The fourth-order valence-corrected chi connectivity index (χ4v) is 1.84. The summed E-state index contributed by atoms with van der Waals surface area (Å²) in [4.78, 5) is 0. The van der Waals surface area contributed by atoms with Gasteiger partial charge in [-0.2, -0.15) is 7.26 Å². The van der Waals surface area contributed by atoms with E-state index in [1.807, 2.05) is 0 Å². The molecule has 0 amide bonds. The van der Waals surface area contributed by atoms with E-state index < -0.39 is 41.6 Å². The zero-order valence-electron chi connectivity index (χ0n) is 8.76. The van der Waals surface area contributed by atoms with Crippen LogP contribution in [-0.2, 0) is 66.2 Å². The minimum atomic E-state index is -5.43. The van der Waals surface area contributed by atoms with E-state index in [1.54, 1.807) is 0 Å². The minimum absolute atomic E-state index is 0. The van der Waals surface area contributed by atoms with Crippen molar-refractivity contribution >= 4 is 41.6 Å². The van der Waals surface area contributed by atoms with Gasteiger partial charge in [-0.1, -0.05) is 0 Å². The zero-order valence-corrected chi connectivity index (χ0v) is 13.3. The van der Waals surface area contributed by atoms with E-state index >= 15 is 0 Å². The first-order valence-electron chi connectivity index (χ1n) is 2.67. The third kappa shape index (κ3) is 36.1. The Balaban J connectivity index is -0.000000116. The third-order valence-electron chi connectivity index (χ3n) is 0.333. The molecule has 0 rings (SSSR count). The van der Waals surface area contributed by atoms with Crippen molar-refractivity contribution in [2.24, 2.45) is 0 Å². The summed E-state index contributed by atoms with van der Waals surface area (Å²) in [5.41, 5.74) is 0. The van der Waals surface area contributed by atoms with Crippen molar-refractivity contribution in [3.63, 3.8) is 0 Å². The maximum atomic E-state index is 9.29. The molecule has 0 aromatic rings. The van der Waals surface area contributed by atoms with E-state index in [0.29, 0.717) is 0 Å². The molecule has 0 atom stereocenters. The largest absolute Gasteiger partial charge is 3.00 e. The van der Waals surface area contributed by atoms with Crippen molar-refractivity contribution < 1.29 is 76.5 Å². The van der Waals surface area contributed by atoms with Crippen molar-refractivity contribution in [2.45, 2.75) is 0 Å². The van der Waals surface area contributed by atoms with Crippen molar-refractivity contribution in [1.29, 1.82) is 0 Å². The maximum absolute atomic E-state index is 9.29. The van der Waals surface area contributed by atoms with Crippen molar-refractivity contribution in [2.75, 3.05) is 0 Å². The van der Waals surface area contributed by atoms with Crippen LogP contribution in [0.2, 0.25) is 0 Å². The summed E-state index contributed by atoms with van der Waals surface area (Å²) < 4.78 is 116. The molecule has 0 aliphatic heterocycles. The minimum Gasteiger partial charge on any atom is -0.725 e. The van der Waals surface area contributed by atoms with E-state index in [9.17, 15) is 51.9 Å². The number of rotatable bonds is 4. The molecule has 1 radical (unpaired) electrons. The molecule has 4 N–H and O–H groups in total. The molecule has 0 fully saturated rings. The molecule has 0 heterocycles. The van der Waals surface area contributed by atoms with Gasteiger partial charge in [0.15, 0.2) is 0 Å². The summed E-state index contributed by atoms with van der Waals surface area (Å²) in [5.74, 6) is 0. The molecule has 0 aromatic carbocycles. The molecule has 0 spiro atoms. The average molecular weight is 422 g/mol. The van der Waals surface area contributed by atoms with Gasteiger partial charge < -0.3 is 24.4 Å². The molecule has 20 heavy (non-hydrogen) atoms. The molecule has 15 nitrogen and oxygen atoms in total. The van der Waals surface area contributed by atoms with Crippen LogP contribution < -0.4 is 6.15 Å². The Kier molecular flexibility index (Phi) is 12.9. The normalized spacial score (nSPS) is 12.2. The van der Waals surface area contributed by atoms with Gasteiger partial charge in [0.2, 0.25) is 41.6 Å². The number of quaternary nitrogens is 1. The fraction of sp³-hybridized carbons (Fsp3) is 0. The Morgan fingerprint density at radius 1 is 0.500 bits per heavy atom. The van der Waals surface area contributed by atoms with E-state index in [4.69, 9.17) is 0 Å². The second-order valence-corrected chi connectivity index (χ2v) is 6.12. The first-order chi connectivity index (χ1) is 7.41. The Morgan fingerprint density at radius 3 is 0.600 bits per heavy atom. The quantitative estimate of drug-likeness (QED) is 0.336. The Labute approximate surface area is 124 Å². The van der Waals surface area contributed by atoms with Gasteiger partial charge in [0, 0.05) is 0 Å². The van der Waals surface area contributed by atoms with Crippen LogP contribution in [0.25, 0.3) is 0 Å². The van der Waals surface area contributed by atoms with Crippen molar-refractivity contribution in [1.82, 2.24) is 6.15 Å². The topological polar surface area (TPSA) is 284 Å². The van der Waals surface area contributed by atoms with Gasteiger partial charge in [0.25, 0.3) is 0 Å². The van der Waals surface area contributed by atoms with Crippen LogP contribution in [0, 0.1) is 0 Å². The fourth-order valence-electron chi connectivity index (χ4n) is 0.204.